The largest absolute Gasteiger partial charge is 0.478 e. The second-order valence-corrected chi connectivity index (χ2v) is 11.0. The molecule has 0 aliphatic rings. The molecule has 4 N–H and O–H groups in total. The van der Waals surface area contributed by atoms with Crippen LogP contribution in [0.1, 0.15) is 26.4 Å². The number of nitrogens with zero attached hydrogens (tertiary/aromatic N) is 2. The molecule has 33 heavy (non-hydrogen) atoms. The van der Waals surface area contributed by atoms with Crippen LogP contribution in [0.15, 0.2) is 39.7 Å². The Hall–Kier alpha value is -3.07. The second kappa shape index (κ2) is 9.05. The Labute approximate surface area is 195 Å². The number of hydrogen-bond donors (Lipinski definition) is 3. The van der Waals surface area contributed by atoms with Gasteiger partial charge in [-0.25, -0.2) is 31.9 Å². The first kappa shape index (κ1) is 24.6. The van der Waals surface area contributed by atoms with Gasteiger partial charge in [-0.15, -0.1) is 11.3 Å². The number of thiophene rings is 1. The van der Waals surface area contributed by atoms with Crippen LogP contribution in [0.25, 0.3) is 0 Å². The highest BCUT2D eigenvalue weighted by atomic mass is 32.2. The van der Waals surface area contributed by atoms with Gasteiger partial charge in [-0.05, 0) is 48.9 Å². The summed E-state index contributed by atoms with van der Waals surface area (Å²) in [5.41, 5.74) is 1.52. The molecule has 0 spiro atoms. The number of anilines is 2. The topological polar surface area (TPSA) is 170 Å². The first-order valence-corrected chi connectivity index (χ1v) is 13.2. The fourth-order valence-electron chi connectivity index (χ4n) is 3.37. The third kappa shape index (κ3) is 4.98. The number of rotatable bonds is 7. The molecule has 1 amide bonds. The lowest BCUT2D eigenvalue weighted by Gasteiger charge is -2.17. The molecule has 3 rings (SSSR count). The van der Waals surface area contributed by atoms with Crippen LogP contribution in [0.3, 0.4) is 0 Å². The molecule has 0 unspecified atom stereocenters. The normalized spacial score (nSPS) is 11.8. The smallest absolute Gasteiger partial charge is 0.267 e. The second-order valence-electron chi connectivity index (χ2n) is 6.97. The highest BCUT2D eigenvalue weighted by molar-refractivity contribution is 7.93. The Morgan fingerprint density at radius 1 is 1.09 bits per heavy atom. The van der Waals surface area contributed by atoms with Crippen molar-refractivity contribution in [1.82, 2.24) is 9.97 Å². The van der Waals surface area contributed by atoms with Crippen LogP contribution in [0.5, 0.6) is 5.88 Å². The highest BCUT2D eigenvalue weighted by Gasteiger charge is 2.27. The van der Waals surface area contributed by atoms with E-state index in [0.717, 1.165) is 11.3 Å². The zero-order chi connectivity index (χ0) is 24.6. The number of aromatic nitrogens is 2. The number of amides is 1. The van der Waals surface area contributed by atoms with Gasteiger partial charge in [0.05, 0.1) is 12.0 Å². The van der Waals surface area contributed by atoms with Crippen molar-refractivity contribution in [3.63, 3.8) is 0 Å². The van der Waals surface area contributed by atoms with E-state index in [1.165, 1.54) is 37.9 Å². The SMILES string of the molecule is COc1nccnc1NS(=O)(=O)c1ccsc1C(=O)Nc1c(C)cc(C)c(S(N)(=O)=O)c1C. The molecule has 2 aromatic heterocycles. The third-order valence-electron chi connectivity index (χ3n) is 4.64. The number of nitrogens with two attached hydrogens (primary N) is 1. The summed E-state index contributed by atoms with van der Waals surface area (Å²) in [5.74, 6) is -0.906. The molecular formula is C19H21N5O6S3. The molecule has 0 saturated carbocycles. The van der Waals surface area contributed by atoms with Crippen molar-refractivity contribution in [3.05, 3.63) is 51.5 Å². The first-order valence-electron chi connectivity index (χ1n) is 9.27. The lowest BCUT2D eigenvalue weighted by molar-refractivity contribution is 0.102. The molecule has 176 valence electrons. The van der Waals surface area contributed by atoms with Crippen molar-refractivity contribution < 1.29 is 26.4 Å². The van der Waals surface area contributed by atoms with Crippen molar-refractivity contribution in [2.24, 2.45) is 5.14 Å². The van der Waals surface area contributed by atoms with Crippen molar-refractivity contribution >= 4 is 48.8 Å². The van der Waals surface area contributed by atoms with E-state index in [9.17, 15) is 21.6 Å². The van der Waals surface area contributed by atoms with Crippen LogP contribution in [0, 0.1) is 20.8 Å². The van der Waals surface area contributed by atoms with Gasteiger partial charge in [-0.3, -0.25) is 9.52 Å². The number of benzene rings is 1. The zero-order valence-electron chi connectivity index (χ0n) is 18.0. The number of nitrogens with one attached hydrogen (secondary N) is 2. The van der Waals surface area contributed by atoms with Crippen molar-refractivity contribution in [1.29, 1.82) is 0 Å². The maximum atomic E-state index is 13.0. The van der Waals surface area contributed by atoms with Crippen molar-refractivity contribution in [2.75, 3.05) is 17.1 Å². The van der Waals surface area contributed by atoms with E-state index in [-0.39, 0.29) is 37.6 Å². The third-order valence-corrected chi connectivity index (χ3v) is 8.26. The van der Waals surface area contributed by atoms with Crippen LogP contribution in [0.4, 0.5) is 11.5 Å². The van der Waals surface area contributed by atoms with E-state index in [1.54, 1.807) is 19.9 Å². The maximum Gasteiger partial charge on any atom is 0.267 e. The van der Waals surface area contributed by atoms with Crippen LogP contribution in [-0.4, -0.2) is 39.8 Å². The summed E-state index contributed by atoms with van der Waals surface area (Å²) < 4.78 is 57.2. The molecule has 0 fully saturated rings. The number of carbonyl (C=O) groups excluding carboxylic acids is 1. The molecule has 0 aliphatic carbocycles. The fourth-order valence-corrected chi connectivity index (χ4v) is 6.74. The van der Waals surface area contributed by atoms with E-state index in [4.69, 9.17) is 9.88 Å². The summed E-state index contributed by atoms with van der Waals surface area (Å²) in [5, 5.41) is 9.41. The standard InChI is InChI=1S/C19H21N5O6S3/c1-10-9-11(2)16(32(20,26)27)12(3)14(10)23-18(25)15-13(5-8-31-15)33(28,29)24-17-19(30-4)22-7-6-21-17/h5-9H,1-4H3,(H,21,24)(H,23,25)(H2,20,26,27). The molecule has 11 nitrogen and oxygen atoms in total. The van der Waals surface area contributed by atoms with E-state index in [2.05, 4.69) is 20.0 Å². The van der Waals surface area contributed by atoms with Gasteiger partial charge >= 0.3 is 0 Å². The summed E-state index contributed by atoms with van der Waals surface area (Å²) in [6.45, 7) is 4.81. The lowest BCUT2D eigenvalue weighted by Crippen LogP contribution is -2.21. The molecule has 0 aliphatic heterocycles. The Bertz CT molecular complexity index is 1450. The molecule has 3 aromatic rings. The summed E-state index contributed by atoms with van der Waals surface area (Å²) in [4.78, 5) is 20.3. The minimum absolute atomic E-state index is 0.0382. The highest BCUT2D eigenvalue weighted by Crippen LogP contribution is 2.32. The summed E-state index contributed by atoms with van der Waals surface area (Å²) in [6, 6.07) is 2.85. The number of ether oxygens (including phenoxy) is 1. The number of aryl methyl sites for hydroxylation is 2. The zero-order valence-corrected chi connectivity index (χ0v) is 20.5. The molecule has 0 bridgehead atoms. The summed E-state index contributed by atoms with van der Waals surface area (Å²) in [6.07, 6.45) is 2.62. The van der Waals surface area contributed by atoms with Crippen LogP contribution in [0.2, 0.25) is 0 Å². The first-order chi connectivity index (χ1) is 15.4. The average Bonchev–Trinajstić information content (AvgIpc) is 3.21. The van der Waals surface area contributed by atoms with Crippen molar-refractivity contribution in [3.8, 4) is 5.88 Å². The number of methoxy groups -OCH3 is 1. The molecule has 1 aromatic carbocycles. The van der Waals surface area contributed by atoms with E-state index in [0.29, 0.717) is 11.1 Å². The quantitative estimate of drug-likeness (QED) is 0.433. The minimum Gasteiger partial charge on any atom is -0.478 e. The lowest BCUT2D eigenvalue weighted by atomic mass is 10.0. The van der Waals surface area contributed by atoms with Gasteiger partial charge in [0.1, 0.15) is 9.77 Å². The van der Waals surface area contributed by atoms with Gasteiger partial charge in [0.2, 0.25) is 15.8 Å². The predicted molar refractivity (Wildman–Crippen MR) is 124 cm³/mol. The van der Waals surface area contributed by atoms with E-state index < -0.39 is 26.0 Å². The Balaban J connectivity index is 1.99. The van der Waals surface area contributed by atoms with Crippen LogP contribution in [-0.2, 0) is 20.0 Å². The molecule has 0 radical (unpaired) electrons. The fraction of sp³-hybridized carbons (Fsp3) is 0.211. The van der Waals surface area contributed by atoms with Crippen molar-refractivity contribution in [2.45, 2.75) is 30.6 Å². The summed E-state index contributed by atoms with van der Waals surface area (Å²) in [7, 11) is -6.96. The van der Waals surface area contributed by atoms with Crippen LogP contribution >= 0.6 is 11.3 Å². The van der Waals surface area contributed by atoms with Gasteiger partial charge in [0.15, 0.2) is 0 Å². The van der Waals surface area contributed by atoms with Gasteiger partial charge in [-0.2, -0.15) is 0 Å². The average molecular weight is 512 g/mol. The molecule has 2 heterocycles. The monoisotopic (exact) mass is 511 g/mol. The van der Waals surface area contributed by atoms with Gasteiger partial charge in [0.25, 0.3) is 21.8 Å². The van der Waals surface area contributed by atoms with Gasteiger partial charge < -0.3 is 10.1 Å². The number of hydrogen-bond acceptors (Lipinski definition) is 9. The Morgan fingerprint density at radius 3 is 2.39 bits per heavy atom. The Kier molecular flexibility index (Phi) is 6.74. The maximum absolute atomic E-state index is 13.0. The molecule has 0 saturated heterocycles. The predicted octanol–water partition coefficient (Wildman–Crippen LogP) is 2.17. The van der Waals surface area contributed by atoms with E-state index >= 15 is 0 Å². The molecule has 0 atom stereocenters. The number of sulfonamides is 2. The number of carbonyl (C=O) groups is 1. The minimum atomic E-state index is -4.23. The van der Waals surface area contributed by atoms with Gasteiger partial charge in [-0.1, -0.05) is 6.07 Å². The molecular weight excluding hydrogens is 490 g/mol. The summed E-state index contributed by atoms with van der Waals surface area (Å²) >= 11 is 0.907. The molecule has 14 heteroatoms. The van der Waals surface area contributed by atoms with E-state index in [1.807, 2.05) is 0 Å². The Morgan fingerprint density at radius 2 is 1.76 bits per heavy atom. The number of primary sulfonamides is 1. The van der Waals surface area contributed by atoms with Gasteiger partial charge in [0, 0.05) is 18.1 Å². The van der Waals surface area contributed by atoms with Crippen LogP contribution < -0.4 is 19.9 Å².